The van der Waals surface area contributed by atoms with Crippen molar-refractivity contribution in [2.75, 3.05) is 56.0 Å². The Labute approximate surface area is 205 Å². The fourth-order valence-electron chi connectivity index (χ4n) is 5.45. The molecule has 0 radical (unpaired) electrons. The molecule has 186 valence electrons. The van der Waals surface area contributed by atoms with E-state index in [-0.39, 0.29) is 23.3 Å². The molecular weight excluding hydrogens is 446 g/mol. The van der Waals surface area contributed by atoms with Gasteiger partial charge in [0.15, 0.2) is 0 Å². The maximum absolute atomic E-state index is 12.5. The smallest absolute Gasteiger partial charge is 0.336 e. The average molecular weight is 480 g/mol. The minimum atomic E-state index is -1.02. The highest BCUT2D eigenvalue weighted by Crippen LogP contribution is 2.29. The summed E-state index contributed by atoms with van der Waals surface area (Å²) >= 11 is 0. The van der Waals surface area contributed by atoms with E-state index < -0.39 is 5.97 Å². The van der Waals surface area contributed by atoms with E-state index in [4.69, 9.17) is 4.98 Å². The quantitative estimate of drug-likeness (QED) is 0.656. The molecule has 0 atom stereocenters. The molecule has 2 aliphatic heterocycles. The van der Waals surface area contributed by atoms with Crippen LogP contribution in [0.1, 0.15) is 48.9 Å². The number of piperazine rings is 1. The summed E-state index contributed by atoms with van der Waals surface area (Å²) in [7, 11) is 0. The van der Waals surface area contributed by atoms with Crippen molar-refractivity contribution < 1.29 is 19.5 Å². The van der Waals surface area contributed by atoms with Crippen LogP contribution in [-0.2, 0) is 9.59 Å². The Bertz CT molecular complexity index is 1120. The summed E-state index contributed by atoms with van der Waals surface area (Å²) in [5, 5.41) is 13.4. The second-order valence-electron chi connectivity index (χ2n) is 9.89. The number of aromatic nitrogens is 1. The van der Waals surface area contributed by atoms with E-state index in [1.807, 2.05) is 4.90 Å². The number of fused-ring (bicyclic) bond motifs is 1. The van der Waals surface area contributed by atoms with Gasteiger partial charge < -0.3 is 20.2 Å². The maximum Gasteiger partial charge on any atom is 0.336 e. The van der Waals surface area contributed by atoms with Gasteiger partial charge in [-0.05, 0) is 49.9 Å². The fourth-order valence-corrected chi connectivity index (χ4v) is 5.45. The highest BCUT2D eigenvalue weighted by molar-refractivity contribution is 6.05. The number of carboxylic acids is 1. The molecule has 2 amide bonds. The molecule has 3 heterocycles. The standard InChI is InChI=1S/C26H33N5O4/c32-24(31-9-3-4-10-31)17-29-11-13-30(14-12-29)23-16-21(26(34)35)20-15-19(7-8-22(20)28-23)27-25(33)18-5-1-2-6-18/h7-8,15-16,18H,1-6,9-14,17H2,(H,27,33)(H,34,35). The molecule has 1 saturated carbocycles. The van der Waals surface area contributed by atoms with Gasteiger partial charge in [0.05, 0.1) is 17.6 Å². The lowest BCUT2D eigenvalue weighted by Gasteiger charge is -2.35. The minimum Gasteiger partial charge on any atom is -0.478 e. The fraction of sp³-hybridized carbons (Fsp3) is 0.538. The Kier molecular flexibility index (Phi) is 6.86. The van der Waals surface area contributed by atoms with E-state index in [1.165, 1.54) is 0 Å². The van der Waals surface area contributed by atoms with Crippen molar-refractivity contribution in [3.05, 3.63) is 29.8 Å². The molecule has 9 nitrogen and oxygen atoms in total. The second-order valence-corrected chi connectivity index (χ2v) is 9.89. The van der Waals surface area contributed by atoms with Crippen molar-refractivity contribution in [1.29, 1.82) is 0 Å². The number of carbonyl (C=O) groups is 3. The minimum absolute atomic E-state index is 0.00406. The average Bonchev–Trinajstić information content (AvgIpc) is 3.58. The van der Waals surface area contributed by atoms with Crippen molar-refractivity contribution in [2.45, 2.75) is 38.5 Å². The van der Waals surface area contributed by atoms with Gasteiger partial charge in [0.2, 0.25) is 11.8 Å². The van der Waals surface area contributed by atoms with Crippen molar-refractivity contribution in [3.8, 4) is 0 Å². The van der Waals surface area contributed by atoms with Crippen LogP contribution >= 0.6 is 0 Å². The molecule has 1 aromatic carbocycles. The predicted molar refractivity (Wildman–Crippen MR) is 134 cm³/mol. The number of carboxylic acid groups (broad SMARTS) is 1. The third kappa shape index (κ3) is 5.24. The molecule has 0 spiro atoms. The summed E-state index contributed by atoms with van der Waals surface area (Å²) in [4.78, 5) is 48.0. The summed E-state index contributed by atoms with van der Waals surface area (Å²) in [5.74, 6) is -0.154. The van der Waals surface area contributed by atoms with Gasteiger partial charge in [0.25, 0.3) is 0 Å². The van der Waals surface area contributed by atoms with Crippen molar-refractivity contribution in [1.82, 2.24) is 14.8 Å². The van der Waals surface area contributed by atoms with Gasteiger partial charge in [0, 0.05) is 56.3 Å². The predicted octanol–water partition coefficient (Wildman–Crippen LogP) is 2.81. The first-order chi connectivity index (χ1) is 17.0. The third-order valence-electron chi connectivity index (χ3n) is 7.53. The normalized spacial score (nSPS) is 19.4. The molecule has 2 N–H and O–H groups in total. The molecule has 1 aliphatic carbocycles. The lowest BCUT2D eigenvalue weighted by atomic mass is 10.1. The Hall–Kier alpha value is -3.20. The number of hydrogen-bond acceptors (Lipinski definition) is 6. The molecule has 3 fully saturated rings. The van der Waals surface area contributed by atoms with Gasteiger partial charge in [-0.2, -0.15) is 0 Å². The van der Waals surface area contributed by atoms with Crippen molar-refractivity contribution >= 4 is 40.2 Å². The van der Waals surface area contributed by atoms with Gasteiger partial charge in [0.1, 0.15) is 5.82 Å². The molecule has 1 aromatic heterocycles. The second kappa shape index (κ2) is 10.2. The zero-order valence-electron chi connectivity index (χ0n) is 20.0. The number of anilines is 2. The summed E-state index contributed by atoms with van der Waals surface area (Å²) in [6, 6.07) is 6.91. The summed E-state index contributed by atoms with van der Waals surface area (Å²) in [6.45, 7) is 4.99. The van der Waals surface area contributed by atoms with Crippen LogP contribution < -0.4 is 10.2 Å². The Morgan fingerprint density at radius 3 is 2.34 bits per heavy atom. The zero-order valence-corrected chi connectivity index (χ0v) is 20.0. The van der Waals surface area contributed by atoms with Crippen LogP contribution in [0.2, 0.25) is 0 Å². The van der Waals surface area contributed by atoms with Crippen molar-refractivity contribution in [2.24, 2.45) is 5.92 Å². The van der Waals surface area contributed by atoms with E-state index in [1.54, 1.807) is 24.3 Å². The number of likely N-dealkylation sites (tertiary alicyclic amines) is 1. The molecule has 9 heteroatoms. The van der Waals surface area contributed by atoms with Crippen LogP contribution in [-0.4, -0.2) is 83.5 Å². The molecule has 2 saturated heterocycles. The van der Waals surface area contributed by atoms with Gasteiger partial charge in [-0.1, -0.05) is 12.8 Å². The summed E-state index contributed by atoms with van der Waals surface area (Å²) < 4.78 is 0. The largest absolute Gasteiger partial charge is 0.478 e. The Morgan fingerprint density at radius 2 is 1.66 bits per heavy atom. The number of pyridine rings is 1. The Balaban J connectivity index is 1.28. The number of carbonyl (C=O) groups excluding carboxylic acids is 2. The summed E-state index contributed by atoms with van der Waals surface area (Å²) in [5.41, 5.74) is 1.36. The number of nitrogens with zero attached hydrogens (tertiary/aromatic N) is 4. The lowest BCUT2D eigenvalue weighted by molar-refractivity contribution is -0.131. The highest BCUT2D eigenvalue weighted by Gasteiger charge is 2.26. The molecular formula is C26H33N5O4. The van der Waals surface area contributed by atoms with Gasteiger partial charge in [-0.15, -0.1) is 0 Å². The molecule has 5 rings (SSSR count). The van der Waals surface area contributed by atoms with Crippen LogP contribution in [0.3, 0.4) is 0 Å². The van der Waals surface area contributed by atoms with Gasteiger partial charge in [-0.25, -0.2) is 9.78 Å². The third-order valence-corrected chi connectivity index (χ3v) is 7.53. The SMILES string of the molecule is O=C(O)c1cc(N2CCN(CC(=O)N3CCCC3)CC2)nc2ccc(NC(=O)C3CCCC3)cc12. The van der Waals surface area contributed by atoms with Crippen LogP contribution in [0.25, 0.3) is 10.9 Å². The first-order valence-electron chi connectivity index (χ1n) is 12.7. The van der Waals surface area contributed by atoms with E-state index in [9.17, 15) is 19.5 Å². The number of rotatable bonds is 6. The molecule has 35 heavy (non-hydrogen) atoms. The van der Waals surface area contributed by atoms with E-state index in [0.717, 1.165) is 64.7 Å². The Morgan fingerprint density at radius 1 is 0.943 bits per heavy atom. The van der Waals surface area contributed by atoms with E-state index >= 15 is 0 Å². The number of nitrogens with one attached hydrogen (secondary N) is 1. The van der Waals surface area contributed by atoms with Gasteiger partial charge >= 0.3 is 5.97 Å². The van der Waals surface area contributed by atoms with Crippen LogP contribution in [0.4, 0.5) is 11.5 Å². The monoisotopic (exact) mass is 479 g/mol. The number of hydrogen-bond donors (Lipinski definition) is 2. The van der Waals surface area contributed by atoms with Gasteiger partial charge in [-0.3, -0.25) is 14.5 Å². The number of aromatic carboxylic acids is 1. The van der Waals surface area contributed by atoms with Crippen molar-refractivity contribution in [3.63, 3.8) is 0 Å². The first-order valence-corrected chi connectivity index (χ1v) is 12.7. The topological polar surface area (TPSA) is 106 Å². The lowest BCUT2D eigenvalue weighted by Crippen LogP contribution is -2.50. The van der Waals surface area contributed by atoms with Crippen LogP contribution in [0.15, 0.2) is 24.3 Å². The highest BCUT2D eigenvalue weighted by atomic mass is 16.4. The molecule has 3 aliphatic rings. The number of benzene rings is 1. The maximum atomic E-state index is 12.5. The van der Waals surface area contributed by atoms with E-state index in [0.29, 0.717) is 42.0 Å². The molecule has 0 bridgehead atoms. The molecule has 2 aromatic rings. The number of amides is 2. The van der Waals surface area contributed by atoms with Crippen LogP contribution in [0, 0.1) is 5.92 Å². The first kappa shape index (κ1) is 23.5. The van der Waals surface area contributed by atoms with E-state index in [2.05, 4.69) is 15.1 Å². The zero-order chi connectivity index (χ0) is 24.4. The summed E-state index contributed by atoms with van der Waals surface area (Å²) in [6.07, 6.45) is 6.15. The van der Waals surface area contributed by atoms with Crippen LogP contribution in [0.5, 0.6) is 0 Å². The molecule has 0 unspecified atom stereocenters.